The molecule has 0 bridgehead atoms. The maximum absolute atomic E-state index is 11.3. The Bertz CT molecular complexity index is 300. The summed E-state index contributed by atoms with van der Waals surface area (Å²) in [5.41, 5.74) is 5.45. The fourth-order valence-corrected chi connectivity index (χ4v) is 4.75. The minimum absolute atomic E-state index is 0.0798. The maximum Gasteiger partial charge on any atom is 0.0764 e. The zero-order chi connectivity index (χ0) is 14.8. The van der Waals surface area contributed by atoms with E-state index in [1.54, 1.807) is 0 Å². The molecule has 3 heteroatoms. The Morgan fingerprint density at radius 2 is 1.70 bits per heavy atom. The average Bonchev–Trinajstić information content (AvgIpc) is 2.38. The lowest BCUT2D eigenvalue weighted by molar-refractivity contribution is -0.195. The van der Waals surface area contributed by atoms with Gasteiger partial charge in [0.2, 0.25) is 0 Å². The number of hydrogen-bond acceptors (Lipinski definition) is 3. The lowest BCUT2D eigenvalue weighted by atomic mass is 9.57. The maximum atomic E-state index is 11.3. The predicted molar refractivity (Wildman–Crippen MR) is 82.5 cm³/mol. The minimum atomic E-state index is -0.629. The van der Waals surface area contributed by atoms with Crippen molar-refractivity contribution in [2.45, 2.75) is 89.9 Å². The van der Waals surface area contributed by atoms with E-state index in [1.165, 1.54) is 25.7 Å². The molecule has 1 saturated carbocycles. The summed E-state index contributed by atoms with van der Waals surface area (Å²) in [6.07, 6.45) is 9.00. The van der Waals surface area contributed by atoms with E-state index in [-0.39, 0.29) is 17.6 Å². The molecule has 2 unspecified atom stereocenters. The van der Waals surface area contributed by atoms with Crippen LogP contribution in [0.3, 0.4) is 0 Å². The second-order valence-electron chi connectivity index (χ2n) is 7.41. The molecular weight excluding hydrogens is 250 g/mol. The van der Waals surface area contributed by atoms with Gasteiger partial charge in [0.15, 0.2) is 0 Å². The molecule has 1 heterocycles. The Balaban J connectivity index is 2.10. The van der Waals surface area contributed by atoms with E-state index in [0.29, 0.717) is 6.54 Å². The van der Waals surface area contributed by atoms with Crippen LogP contribution in [-0.2, 0) is 4.74 Å². The van der Waals surface area contributed by atoms with Crippen LogP contribution in [0.15, 0.2) is 0 Å². The number of aliphatic hydroxyl groups is 1. The van der Waals surface area contributed by atoms with Gasteiger partial charge in [0.1, 0.15) is 0 Å². The fourth-order valence-electron chi connectivity index (χ4n) is 4.75. The van der Waals surface area contributed by atoms with E-state index in [9.17, 15) is 5.11 Å². The third-order valence-corrected chi connectivity index (χ3v) is 5.85. The molecule has 2 aliphatic rings. The van der Waals surface area contributed by atoms with Gasteiger partial charge in [-0.05, 0) is 45.4 Å². The van der Waals surface area contributed by atoms with Crippen LogP contribution in [0.4, 0.5) is 0 Å². The molecule has 0 aromatic carbocycles. The SMILES string of the molecule is CCCC1CCC(CN)(C2(O)CC(C)OC(C)C2)CC1. The number of ether oxygens (including phenoxy) is 1. The first-order valence-electron chi connectivity index (χ1n) is 8.52. The van der Waals surface area contributed by atoms with Crippen LogP contribution in [0.2, 0.25) is 0 Å². The smallest absolute Gasteiger partial charge is 0.0764 e. The monoisotopic (exact) mass is 283 g/mol. The molecule has 3 nitrogen and oxygen atoms in total. The molecule has 1 saturated heterocycles. The molecule has 2 fully saturated rings. The van der Waals surface area contributed by atoms with Crippen LogP contribution < -0.4 is 5.73 Å². The van der Waals surface area contributed by atoms with E-state index >= 15 is 0 Å². The molecule has 0 amide bonds. The lowest BCUT2D eigenvalue weighted by Crippen LogP contribution is -2.59. The van der Waals surface area contributed by atoms with Crippen LogP contribution in [0.5, 0.6) is 0 Å². The van der Waals surface area contributed by atoms with Gasteiger partial charge < -0.3 is 15.6 Å². The van der Waals surface area contributed by atoms with Crippen molar-refractivity contribution >= 4 is 0 Å². The molecule has 0 aromatic heterocycles. The van der Waals surface area contributed by atoms with Crippen molar-refractivity contribution in [2.24, 2.45) is 17.1 Å². The van der Waals surface area contributed by atoms with E-state index in [4.69, 9.17) is 10.5 Å². The highest BCUT2D eigenvalue weighted by atomic mass is 16.5. The summed E-state index contributed by atoms with van der Waals surface area (Å²) in [5, 5.41) is 11.3. The third-order valence-electron chi connectivity index (χ3n) is 5.85. The first kappa shape index (κ1) is 16.3. The van der Waals surface area contributed by atoms with Gasteiger partial charge in [0.05, 0.1) is 17.8 Å². The summed E-state index contributed by atoms with van der Waals surface area (Å²) in [4.78, 5) is 0. The van der Waals surface area contributed by atoms with Gasteiger partial charge in [0, 0.05) is 24.8 Å². The van der Waals surface area contributed by atoms with Gasteiger partial charge in [-0.25, -0.2) is 0 Å². The zero-order valence-electron chi connectivity index (χ0n) is 13.5. The summed E-state index contributed by atoms with van der Waals surface area (Å²) < 4.78 is 5.82. The van der Waals surface area contributed by atoms with Crippen molar-refractivity contribution < 1.29 is 9.84 Å². The van der Waals surface area contributed by atoms with E-state index in [2.05, 4.69) is 20.8 Å². The van der Waals surface area contributed by atoms with Crippen LogP contribution in [-0.4, -0.2) is 29.5 Å². The molecule has 0 spiro atoms. The van der Waals surface area contributed by atoms with Gasteiger partial charge in [-0.2, -0.15) is 0 Å². The first-order valence-corrected chi connectivity index (χ1v) is 8.52. The molecule has 2 rings (SSSR count). The van der Waals surface area contributed by atoms with Gasteiger partial charge in [-0.3, -0.25) is 0 Å². The standard InChI is InChI=1S/C17H33NO2/c1-4-5-15-6-8-16(12-18,9-7-15)17(19)10-13(2)20-14(3)11-17/h13-15,19H,4-12,18H2,1-3H3. The molecule has 1 aliphatic heterocycles. The van der Waals surface area contributed by atoms with Gasteiger partial charge in [-0.1, -0.05) is 19.8 Å². The van der Waals surface area contributed by atoms with Crippen molar-refractivity contribution in [3.8, 4) is 0 Å². The molecule has 3 N–H and O–H groups in total. The molecule has 1 aliphatic carbocycles. The second kappa shape index (κ2) is 6.33. The van der Waals surface area contributed by atoms with Crippen LogP contribution in [0, 0.1) is 11.3 Å². The van der Waals surface area contributed by atoms with Crippen LogP contribution in [0.1, 0.15) is 72.1 Å². The van der Waals surface area contributed by atoms with Crippen LogP contribution >= 0.6 is 0 Å². The lowest BCUT2D eigenvalue weighted by Gasteiger charge is -2.54. The van der Waals surface area contributed by atoms with Crippen LogP contribution in [0.25, 0.3) is 0 Å². The largest absolute Gasteiger partial charge is 0.389 e. The Morgan fingerprint density at radius 1 is 1.15 bits per heavy atom. The van der Waals surface area contributed by atoms with Crippen molar-refractivity contribution in [3.63, 3.8) is 0 Å². The summed E-state index contributed by atoms with van der Waals surface area (Å²) >= 11 is 0. The molecule has 20 heavy (non-hydrogen) atoms. The van der Waals surface area contributed by atoms with E-state index < -0.39 is 5.60 Å². The molecule has 118 valence electrons. The number of rotatable bonds is 4. The highest BCUT2D eigenvalue weighted by molar-refractivity contribution is 5.05. The topological polar surface area (TPSA) is 55.5 Å². The van der Waals surface area contributed by atoms with Gasteiger partial charge in [0.25, 0.3) is 0 Å². The van der Waals surface area contributed by atoms with Gasteiger partial charge in [-0.15, -0.1) is 0 Å². The normalized spacial score (nSPS) is 46.4. The summed E-state index contributed by atoms with van der Waals surface area (Å²) in [6, 6.07) is 0. The average molecular weight is 283 g/mol. The Morgan fingerprint density at radius 3 is 2.15 bits per heavy atom. The fraction of sp³-hybridized carbons (Fsp3) is 1.00. The third kappa shape index (κ3) is 3.05. The Kier molecular flexibility index (Phi) is 5.14. The van der Waals surface area contributed by atoms with E-state index in [0.717, 1.165) is 31.6 Å². The van der Waals surface area contributed by atoms with E-state index in [1.807, 2.05) is 0 Å². The summed E-state index contributed by atoms with van der Waals surface area (Å²) in [7, 11) is 0. The quantitative estimate of drug-likeness (QED) is 0.833. The van der Waals surface area contributed by atoms with Crippen molar-refractivity contribution in [1.82, 2.24) is 0 Å². The number of hydrogen-bond donors (Lipinski definition) is 2. The Hall–Kier alpha value is -0.120. The molecular formula is C17H33NO2. The summed E-state index contributed by atoms with van der Waals surface area (Å²) in [6.45, 7) is 7.03. The minimum Gasteiger partial charge on any atom is -0.389 e. The highest BCUT2D eigenvalue weighted by Crippen LogP contribution is 2.52. The molecule has 0 aromatic rings. The predicted octanol–water partition coefficient (Wildman–Crippen LogP) is 3.24. The Labute approximate surface area is 124 Å². The van der Waals surface area contributed by atoms with Crippen molar-refractivity contribution in [3.05, 3.63) is 0 Å². The highest BCUT2D eigenvalue weighted by Gasteiger charge is 2.53. The summed E-state index contributed by atoms with van der Waals surface area (Å²) in [5.74, 6) is 0.845. The number of nitrogens with two attached hydrogens (primary N) is 1. The zero-order valence-corrected chi connectivity index (χ0v) is 13.5. The first-order chi connectivity index (χ1) is 9.44. The van der Waals surface area contributed by atoms with Crippen molar-refractivity contribution in [2.75, 3.05) is 6.54 Å². The molecule has 0 radical (unpaired) electrons. The second-order valence-corrected chi connectivity index (χ2v) is 7.41. The van der Waals surface area contributed by atoms with Gasteiger partial charge >= 0.3 is 0 Å². The molecule has 2 atom stereocenters. The van der Waals surface area contributed by atoms with Crippen molar-refractivity contribution in [1.29, 1.82) is 0 Å².